The molecule has 23 heavy (non-hydrogen) atoms. The fraction of sp³-hybridized carbons (Fsp3) is 0.250. The minimum absolute atomic E-state index is 0.0204. The molecule has 1 heterocycles. The lowest BCUT2D eigenvalue weighted by atomic mass is 10.0. The van der Waals surface area contributed by atoms with Gasteiger partial charge in [-0.15, -0.1) is 0 Å². The molecule has 0 aliphatic rings. The van der Waals surface area contributed by atoms with Crippen molar-refractivity contribution in [3.8, 4) is 0 Å². The summed E-state index contributed by atoms with van der Waals surface area (Å²) in [5.74, 6) is 0.271. The summed E-state index contributed by atoms with van der Waals surface area (Å²) in [4.78, 5) is 15.8. The molecule has 0 radical (unpaired) electrons. The zero-order valence-electron chi connectivity index (χ0n) is 13.8. The van der Waals surface area contributed by atoms with Gasteiger partial charge in [-0.1, -0.05) is 37.3 Å². The maximum Gasteiger partial charge on any atom is 0.251 e. The number of H-pyrrole nitrogens is 1. The average molecular weight is 306 g/mol. The SMILES string of the molecule is Cc1[nH]c2ccc(C(=O)NC[C@@H](C)c3ccccc3)cc2c1C. The molecule has 0 aliphatic carbocycles. The van der Waals surface area contributed by atoms with Gasteiger partial charge in [-0.2, -0.15) is 0 Å². The van der Waals surface area contributed by atoms with E-state index in [1.165, 1.54) is 11.1 Å². The number of carbonyl (C=O) groups excluding carboxylic acids is 1. The summed E-state index contributed by atoms with van der Waals surface area (Å²) in [5.41, 5.74) is 5.37. The second kappa shape index (κ2) is 6.29. The van der Waals surface area contributed by atoms with Crippen LogP contribution in [0.2, 0.25) is 0 Å². The quantitative estimate of drug-likeness (QED) is 0.741. The Morgan fingerprint density at radius 2 is 1.87 bits per heavy atom. The molecule has 118 valence electrons. The fourth-order valence-electron chi connectivity index (χ4n) is 2.85. The van der Waals surface area contributed by atoms with E-state index in [0.717, 1.165) is 16.6 Å². The number of rotatable bonds is 4. The van der Waals surface area contributed by atoms with Gasteiger partial charge < -0.3 is 10.3 Å². The Morgan fingerprint density at radius 3 is 2.61 bits per heavy atom. The highest BCUT2D eigenvalue weighted by atomic mass is 16.1. The summed E-state index contributed by atoms with van der Waals surface area (Å²) in [6.45, 7) is 6.88. The Hall–Kier alpha value is -2.55. The number of hydrogen-bond acceptors (Lipinski definition) is 1. The maximum absolute atomic E-state index is 12.4. The minimum atomic E-state index is -0.0204. The first-order chi connectivity index (χ1) is 11.1. The second-order valence-corrected chi connectivity index (χ2v) is 6.16. The van der Waals surface area contributed by atoms with Gasteiger partial charge in [0.15, 0.2) is 0 Å². The van der Waals surface area contributed by atoms with Crippen molar-refractivity contribution in [2.75, 3.05) is 6.54 Å². The molecule has 0 aliphatic heterocycles. The van der Waals surface area contributed by atoms with Crippen molar-refractivity contribution < 1.29 is 4.79 Å². The zero-order valence-corrected chi connectivity index (χ0v) is 13.8. The van der Waals surface area contributed by atoms with E-state index in [9.17, 15) is 4.79 Å². The largest absolute Gasteiger partial charge is 0.358 e. The number of benzene rings is 2. The molecule has 0 fully saturated rings. The normalized spacial score (nSPS) is 12.3. The van der Waals surface area contributed by atoms with Gasteiger partial charge in [-0.25, -0.2) is 0 Å². The molecule has 0 saturated carbocycles. The monoisotopic (exact) mass is 306 g/mol. The first kappa shape index (κ1) is 15.3. The van der Waals surface area contributed by atoms with E-state index < -0.39 is 0 Å². The van der Waals surface area contributed by atoms with Crippen molar-refractivity contribution >= 4 is 16.8 Å². The molecule has 0 bridgehead atoms. The molecule has 0 saturated heterocycles. The molecule has 0 unspecified atom stereocenters. The molecule has 0 spiro atoms. The van der Waals surface area contributed by atoms with E-state index in [-0.39, 0.29) is 5.91 Å². The average Bonchev–Trinajstić information content (AvgIpc) is 2.87. The highest BCUT2D eigenvalue weighted by Gasteiger charge is 2.11. The van der Waals surface area contributed by atoms with Gasteiger partial charge in [-0.3, -0.25) is 4.79 Å². The Kier molecular flexibility index (Phi) is 4.20. The van der Waals surface area contributed by atoms with Crippen molar-refractivity contribution in [3.63, 3.8) is 0 Å². The lowest BCUT2D eigenvalue weighted by Crippen LogP contribution is -2.27. The summed E-state index contributed by atoms with van der Waals surface area (Å²) >= 11 is 0. The number of hydrogen-bond donors (Lipinski definition) is 2. The molecule has 3 heteroatoms. The lowest BCUT2D eigenvalue weighted by Gasteiger charge is -2.13. The first-order valence-electron chi connectivity index (χ1n) is 7.98. The molecule has 3 aromatic rings. The topological polar surface area (TPSA) is 44.9 Å². The van der Waals surface area contributed by atoms with Crippen molar-refractivity contribution in [1.82, 2.24) is 10.3 Å². The molecular formula is C20H22N2O. The van der Waals surface area contributed by atoms with Crippen LogP contribution in [-0.4, -0.2) is 17.4 Å². The standard InChI is InChI=1S/C20H22N2O/c1-13(16-7-5-4-6-8-16)12-21-20(23)17-9-10-19-18(11-17)14(2)15(3)22-19/h4-11,13,22H,12H2,1-3H3,(H,21,23)/t13-/m1/s1. The summed E-state index contributed by atoms with van der Waals surface area (Å²) in [5, 5.41) is 4.16. The second-order valence-electron chi connectivity index (χ2n) is 6.16. The predicted octanol–water partition coefficient (Wildman–Crippen LogP) is 4.32. The van der Waals surface area contributed by atoms with Crippen LogP contribution in [0.4, 0.5) is 0 Å². The van der Waals surface area contributed by atoms with Crippen molar-refractivity contribution in [1.29, 1.82) is 0 Å². The predicted molar refractivity (Wildman–Crippen MR) is 95.0 cm³/mol. The van der Waals surface area contributed by atoms with Crippen molar-refractivity contribution in [2.24, 2.45) is 0 Å². The molecule has 1 amide bonds. The first-order valence-corrected chi connectivity index (χ1v) is 7.98. The highest BCUT2D eigenvalue weighted by molar-refractivity contribution is 5.99. The summed E-state index contributed by atoms with van der Waals surface area (Å²) in [6, 6.07) is 16.1. The fourth-order valence-corrected chi connectivity index (χ4v) is 2.85. The number of amides is 1. The number of carbonyl (C=O) groups is 1. The van der Waals surface area contributed by atoms with Crippen molar-refractivity contribution in [3.05, 3.63) is 70.9 Å². The summed E-state index contributed by atoms with van der Waals surface area (Å²) in [6.07, 6.45) is 0. The van der Waals surface area contributed by atoms with Gasteiger partial charge in [0.2, 0.25) is 0 Å². The number of fused-ring (bicyclic) bond motifs is 1. The molecule has 3 rings (SSSR count). The van der Waals surface area contributed by atoms with Crippen LogP contribution in [0.5, 0.6) is 0 Å². The number of aromatic nitrogens is 1. The summed E-state index contributed by atoms with van der Waals surface area (Å²) < 4.78 is 0. The van der Waals surface area contributed by atoms with Crippen LogP contribution in [-0.2, 0) is 0 Å². The minimum Gasteiger partial charge on any atom is -0.358 e. The number of nitrogens with one attached hydrogen (secondary N) is 2. The van der Waals surface area contributed by atoms with E-state index in [4.69, 9.17) is 0 Å². The highest BCUT2D eigenvalue weighted by Crippen LogP contribution is 2.22. The molecule has 1 aromatic heterocycles. The number of aromatic amines is 1. The van der Waals surface area contributed by atoms with Gasteiger partial charge in [-0.05, 0) is 49.1 Å². The zero-order chi connectivity index (χ0) is 16.4. The number of aryl methyl sites for hydroxylation is 2. The van der Waals surface area contributed by atoms with Crippen LogP contribution in [0.15, 0.2) is 48.5 Å². The Labute approximate surface area is 136 Å². The van der Waals surface area contributed by atoms with Gasteiger partial charge in [0.25, 0.3) is 5.91 Å². The lowest BCUT2D eigenvalue weighted by molar-refractivity contribution is 0.0952. The van der Waals surface area contributed by atoms with Crippen LogP contribution < -0.4 is 5.32 Å². The molecule has 2 aromatic carbocycles. The Balaban J connectivity index is 1.72. The van der Waals surface area contributed by atoms with Gasteiger partial charge in [0, 0.05) is 28.7 Å². The smallest absolute Gasteiger partial charge is 0.251 e. The van der Waals surface area contributed by atoms with E-state index in [1.807, 2.05) is 36.4 Å². The van der Waals surface area contributed by atoms with Gasteiger partial charge in [0.05, 0.1) is 0 Å². The molecule has 3 nitrogen and oxygen atoms in total. The molecular weight excluding hydrogens is 284 g/mol. The van der Waals surface area contributed by atoms with Crippen molar-refractivity contribution in [2.45, 2.75) is 26.7 Å². The van der Waals surface area contributed by atoms with Crippen LogP contribution in [0.3, 0.4) is 0 Å². The van der Waals surface area contributed by atoms with E-state index in [1.54, 1.807) is 0 Å². The van der Waals surface area contributed by atoms with E-state index >= 15 is 0 Å². The van der Waals surface area contributed by atoms with Crippen LogP contribution in [0.1, 0.15) is 40.0 Å². The van der Waals surface area contributed by atoms with Crippen LogP contribution in [0, 0.1) is 13.8 Å². The van der Waals surface area contributed by atoms with Crippen LogP contribution in [0.25, 0.3) is 10.9 Å². The third-order valence-electron chi connectivity index (χ3n) is 4.51. The third-order valence-corrected chi connectivity index (χ3v) is 4.51. The van der Waals surface area contributed by atoms with E-state index in [2.05, 4.69) is 43.2 Å². The van der Waals surface area contributed by atoms with E-state index in [0.29, 0.717) is 18.0 Å². The molecule has 2 N–H and O–H groups in total. The maximum atomic E-state index is 12.4. The third kappa shape index (κ3) is 3.14. The van der Waals surface area contributed by atoms with Gasteiger partial charge >= 0.3 is 0 Å². The Morgan fingerprint density at radius 1 is 1.13 bits per heavy atom. The Bertz CT molecular complexity index is 833. The van der Waals surface area contributed by atoms with Gasteiger partial charge in [0.1, 0.15) is 0 Å². The summed E-state index contributed by atoms with van der Waals surface area (Å²) in [7, 11) is 0. The van der Waals surface area contributed by atoms with Crippen LogP contribution >= 0.6 is 0 Å². The molecule has 1 atom stereocenters.